The van der Waals surface area contributed by atoms with Crippen LogP contribution in [-0.4, -0.2) is 65.3 Å². The summed E-state index contributed by atoms with van der Waals surface area (Å²) in [7, 11) is 1.75. The van der Waals surface area contributed by atoms with Crippen LogP contribution in [0, 0.1) is 0 Å². The van der Waals surface area contributed by atoms with Gasteiger partial charge in [0.2, 0.25) is 0 Å². The number of hydrogen-bond donors (Lipinski definition) is 0. The average molecular weight is 354 g/mol. The molecule has 1 saturated heterocycles. The van der Waals surface area contributed by atoms with Gasteiger partial charge in [-0.3, -0.25) is 9.80 Å². The number of rotatable bonds is 6. The Morgan fingerprint density at radius 3 is 2.73 bits per heavy atom. The quantitative estimate of drug-likeness (QED) is 0.796. The summed E-state index contributed by atoms with van der Waals surface area (Å²) >= 11 is 0. The van der Waals surface area contributed by atoms with Gasteiger partial charge in [-0.05, 0) is 30.4 Å². The monoisotopic (exact) mass is 354 g/mol. The molecule has 1 aromatic heterocycles. The molecule has 2 aliphatic rings. The van der Waals surface area contributed by atoms with E-state index in [9.17, 15) is 0 Å². The highest BCUT2D eigenvalue weighted by Gasteiger charge is 2.27. The van der Waals surface area contributed by atoms with Crippen LogP contribution < -0.4 is 0 Å². The van der Waals surface area contributed by atoms with Crippen molar-refractivity contribution in [3.63, 3.8) is 0 Å². The first-order chi connectivity index (χ1) is 12.8. The zero-order valence-electron chi connectivity index (χ0n) is 15.8. The van der Waals surface area contributed by atoms with E-state index in [0.717, 1.165) is 38.8 Å². The molecule has 4 rings (SSSR count). The summed E-state index contributed by atoms with van der Waals surface area (Å²) in [5.74, 6) is 0. The fraction of sp³-hybridized carbons (Fsp3) is 0.571. The van der Waals surface area contributed by atoms with Crippen molar-refractivity contribution in [3.05, 3.63) is 53.6 Å². The summed E-state index contributed by atoms with van der Waals surface area (Å²) in [4.78, 5) is 9.60. The zero-order chi connectivity index (χ0) is 17.8. The van der Waals surface area contributed by atoms with Crippen molar-refractivity contribution in [2.75, 3.05) is 39.9 Å². The largest absolute Gasteiger partial charge is 0.383 e. The molecule has 2 heterocycles. The molecule has 0 radical (unpaired) electrons. The van der Waals surface area contributed by atoms with E-state index in [4.69, 9.17) is 4.74 Å². The smallest absolute Gasteiger partial charge is 0.0949 e. The van der Waals surface area contributed by atoms with Crippen LogP contribution in [0.1, 0.15) is 23.2 Å². The van der Waals surface area contributed by atoms with Crippen molar-refractivity contribution in [2.24, 2.45) is 0 Å². The molecule has 1 aliphatic heterocycles. The van der Waals surface area contributed by atoms with Gasteiger partial charge in [0.15, 0.2) is 0 Å². The van der Waals surface area contributed by atoms with Gasteiger partial charge in [-0.2, -0.15) is 0 Å². The Morgan fingerprint density at radius 2 is 1.92 bits per heavy atom. The number of hydrogen-bond acceptors (Lipinski definition) is 4. The number of fused-ring (bicyclic) bond motifs is 1. The highest BCUT2D eigenvalue weighted by Crippen LogP contribution is 2.25. The van der Waals surface area contributed by atoms with Gasteiger partial charge in [0, 0.05) is 58.6 Å². The average Bonchev–Trinajstić information content (AvgIpc) is 3.13. The number of benzene rings is 1. The molecule has 5 heteroatoms. The molecule has 2 aromatic rings. The van der Waals surface area contributed by atoms with Gasteiger partial charge in [0.1, 0.15) is 0 Å². The summed E-state index contributed by atoms with van der Waals surface area (Å²) in [5, 5.41) is 0. The Morgan fingerprint density at radius 1 is 1.12 bits per heavy atom. The van der Waals surface area contributed by atoms with Gasteiger partial charge >= 0.3 is 0 Å². The molecular formula is C21H30N4O. The van der Waals surface area contributed by atoms with Crippen molar-refractivity contribution in [3.8, 4) is 0 Å². The fourth-order valence-electron chi connectivity index (χ4n) is 4.38. The normalized spacial score (nSPS) is 21.7. The Kier molecular flexibility index (Phi) is 5.68. The van der Waals surface area contributed by atoms with Gasteiger partial charge in [-0.25, -0.2) is 4.98 Å². The first-order valence-electron chi connectivity index (χ1n) is 9.84. The van der Waals surface area contributed by atoms with Crippen LogP contribution in [0.15, 0.2) is 36.8 Å². The summed E-state index contributed by atoms with van der Waals surface area (Å²) in [5.41, 5.74) is 4.42. The molecule has 5 nitrogen and oxygen atoms in total. The van der Waals surface area contributed by atoms with E-state index in [0.29, 0.717) is 0 Å². The lowest BCUT2D eigenvalue weighted by atomic mass is 9.87. The molecule has 1 aromatic carbocycles. The van der Waals surface area contributed by atoms with Crippen LogP contribution in [0.2, 0.25) is 0 Å². The van der Waals surface area contributed by atoms with Crippen LogP contribution in [0.4, 0.5) is 0 Å². The molecule has 1 atom stereocenters. The first kappa shape index (κ1) is 17.7. The summed E-state index contributed by atoms with van der Waals surface area (Å²) in [6.07, 6.45) is 7.69. The van der Waals surface area contributed by atoms with E-state index in [-0.39, 0.29) is 0 Å². The van der Waals surface area contributed by atoms with E-state index in [2.05, 4.69) is 43.6 Å². The van der Waals surface area contributed by atoms with Crippen LogP contribution >= 0.6 is 0 Å². The number of nitrogens with zero attached hydrogens (tertiary/aromatic N) is 4. The number of piperazine rings is 1. The minimum atomic E-state index is 0.722. The number of imidazole rings is 1. The third-order valence-electron chi connectivity index (χ3n) is 5.96. The molecule has 0 spiro atoms. The molecule has 1 unspecified atom stereocenters. The van der Waals surface area contributed by atoms with Crippen LogP contribution in [0.5, 0.6) is 0 Å². The van der Waals surface area contributed by atoms with E-state index >= 15 is 0 Å². The van der Waals surface area contributed by atoms with Gasteiger partial charge in [-0.15, -0.1) is 0 Å². The van der Waals surface area contributed by atoms with Crippen LogP contribution in [-0.2, 0) is 30.7 Å². The molecule has 1 aliphatic carbocycles. The number of ether oxygens (including phenoxy) is 1. The van der Waals surface area contributed by atoms with E-state index < -0.39 is 0 Å². The zero-order valence-corrected chi connectivity index (χ0v) is 15.8. The number of aromatic nitrogens is 2. The SMILES string of the molecule is COCCn1cncc1CN1CCN(C2CCc3ccccc3C2)CC1. The van der Waals surface area contributed by atoms with Crippen LogP contribution in [0.25, 0.3) is 0 Å². The molecule has 0 amide bonds. The lowest BCUT2D eigenvalue weighted by molar-refractivity contribution is 0.0840. The lowest BCUT2D eigenvalue weighted by Crippen LogP contribution is -2.51. The van der Waals surface area contributed by atoms with Crippen molar-refractivity contribution in [1.82, 2.24) is 19.4 Å². The molecule has 0 N–H and O–H groups in total. The van der Waals surface area contributed by atoms with Crippen molar-refractivity contribution in [1.29, 1.82) is 0 Å². The second-order valence-electron chi connectivity index (χ2n) is 7.55. The maximum absolute atomic E-state index is 5.20. The van der Waals surface area contributed by atoms with E-state index in [1.807, 2.05) is 12.5 Å². The number of methoxy groups -OCH3 is 1. The Labute approximate surface area is 156 Å². The van der Waals surface area contributed by atoms with Gasteiger partial charge in [0.05, 0.1) is 18.6 Å². The first-order valence-corrected chi connectivity index (χ1v) is 9.84. The summed E-state index contributed by atoms with van der Waals surface area (Å²) in [6, 6.07) is 9.70. The third kappa shape index (κ3) is 4.00. The highest BCUT2D eigenvalue weighted by molar-refractivity contribution is 5.30. The molecular weight excluding hydrogens is 324 g/mol. The van der Waals surface area contributed by atoms with E-state index in [1.165, 1.54) is 38.0 Å². The lowest BCUT2D eigenvalue weighted by Gasteiger charge is -2.41. The molecule has 140 valence electrons. The van der Waals surface area contributed by atoms with E-state index in [1.54, 1.807) is 18.2 Å². The van der Waals surface area contributed by atoms with Gasteiger partial charge < -0.3 is 9.30 Å². The number of aryl methyl sites for hydroxylation is 1. The molecule has 0 bridgehead atoms. The van der Waals surface area contributed by atoms with Crippen LogP contribution in [0.3, 0.4) is 0 Å². The summed E-state index contributed by atoms with van der Waals surface area (Å²) in [6.45, 7) is 7.26. The minimum absolute atomic E-state index is 0.722. The minimum Gasteiger partial charge on any atom is -0.383 e. The second-order valence-corrected chi connectivity index (χ2v) is 7.55. The molecule has 1 fully saturated rings. The Bertz CT molecular complexity index is 706. The maximum atomic E-state index is 5.20. The molecule has 0 saturated carbocycles. The molecule has 26 heavy (non-hydrogen) atoms. The standard InChI is InChI=1S/C21H30N4O/c1-26-13-12-25-17-22-15-21(25)16-23-8-10-24(11-9-23)20-7-6-18-4-2-3-5-19(18)14-20/h2-5,15,17,20H,6-14,16H2,1H3. The predicted molar refractivity (Wildman–Crippen MR) is 103 cm³/mol. The Balaban J connectivity index is 1.29. The van der Waals surface area contributed by atoms with Crippen molar-refractivity contribution in [2.45, 2.75) is 38.4 Å². The van der Waals surface area contributed by atoms with Crippen molar-refractivity contribution < 1.29 is 4.74 Å². The van der Waals surface area contributed by atoms with Crippen molar-refractivity contribution >= 4 is 0 Å². The highest BCUT2D eigenvalue weighted by atomic mass is 16.5. The predicted octanol–water partition coefficient (Wildman–Crippen LogP) is 2.20. The summed E-state index contributed by atoms with van der Waals surface area (Å²) < 4.78 is 7.41. The fourth-order valence-corrected chi connectivity index (χ4v) is 4.38. The van der Waals surface area contributed by atoms with Gasteiger partial charge in [0.25, 0.3) is 0 Å². The topological polar surface area (TPSA) is 33.5 Å². The Hall–Kier alpha value is -1.69. The third-order valence-corrected chi connectivity index (χ3v) is 5.96. The van der Waals surface area contributed by atoms with Gasteiger partial charge in [-0.1, -0.05) is 24.3 Å². The second kappa shape index (κ2) is 8.33. The maximum Gasteiger partial charge on any atom is 0.0949 e.